The molecule has 5 nitrogen and oxygen atoms in total. The third-order valence-electron chi connectivity index (χ3n) is 3.20. The minimum atomic E-state index is -0.388. The summed E-state index contributed by atoms with van der Waals surface area (Å²) >= 11 is 2.37. The maximum atomic E-state index is 13.8. The lowest BCUT2D eigenvalue weighted by molar-refractivity contribution is 0.618. The summed E-state index contributed by atoms with van der Waals surface area (Å²) in [5, 5.41) is 28.4. The van der Waals surface area contributed by atoms with Crippen LogP contribution < -0.4 is 0 Å². The fourth-order valence-electron chi connectivity index (χ4n) is 1.97. The Hall–Kier alpha value is -2.86. The van der Waals surface area contributed by atoms with E-state index in [1.54, 1.807) is 19.1 Å². The summed E-state index contributed by atoms with van der Waals surface area (Å²) in [6, 6.07) is 10.3. The second kappa shape index (κ2) is 6.33. The van der Waals surface area contributed by atoms with Crippen molar-refractivity contribution in [3.05, 3.63) is 50.8 Å². The highest BCUT2D eigenvalue weighted by Gasteiger charge is 2.27. The number of aromatic nitrogens is 2. The van der Waals surface area contributed by atoms with Crippen molar-refractivity contribution < 1.29 is 4.39 Å². The van der Waals surface area contributed by atoms with Gasteiger partial charge in [-0.1, -0.05) is 35.7 Å². The van der Waals surface area contributed by atoms with Gasteiger partial charge < -0.3 is 0 Å². The first-order chi connectivity index (χ1) is 11.6. The number of fused-ring (bicyclic) bond motifs is 1. The number of halogens is 1. The van der Waals surface area contributed by atoms with Crippen molar-refractivity contribution in [2.45, 2.75) is 17.0 Å². The fraction of sp³-hybridized carbons (Fsp3) is 0.0625. The van der Waals surface area contributed by atoms with Gasteiger partial charge in [0.2, 0.25) is 0 Å². The smallest absolute Gasteiger partial charge is 0.178 e. The van der Waals surface area contributed by atoms with E-state index < -0.39 is 0 Å². The molecule has 0 saturated carbocycles. The molecule has 8 heteroatoms. The molecule has 0 spiro atoms. The van der Waals surface area contributed by atoms with Gasteiger partial charge in [-0.05, 0) is 24.1 Å². The summed E-state index contributed by atoms with van der Waals surface area (Å²) in [4.78, 5) is 8.23. The van der Waals surface area contributed by atoms with Gasteiger partial charge in [0.1, 0.15) is 34.1 Å². The van der Waals surface area contributed by atoms with Crippen molar-refractivity contribution in [2.24, 2.45) is 0 Å². The molecule has 2 aromatic rings. The summed E-state index contributed by atoms with van der Waals surface area (Å²) < 4.78 is 14.4. The zero-order valence-corrected chi connectivity index (χ0v) is 13.8. The second-order valence-corrected chi connectivity index (χ2v) is 6.95. The van der Waals surface area contributed by atoms with Gasteiger partial charge >= 0.3 is 0 Å². The average Bonchev–Trinajstić information content (AvgIpc) is 2.99. The van der Waals surface area contributed by atoms with Gasteiger partial charge in [0.25, 0.3) is 0 Å². The van der Waals surface area contributed by atoms with Crippen LogP contribution in [0.1, 0.15) is 22.5 Å². The molecule has 2 heterocycles. The molecule has 24 heavy (non-hydrogen) atoms. The van der Waals surface area contributed by atoms with Crippen molar-refractivity contribution in [1.82, 2.24) is 9.97 Å². The predicted molar refractivity (Wildman–Crippen MR) is 86.8 cm³/mol. The zero-order valence-electron chi connectivity index (χ0n) is 12.2. The fourth-order valence-corrected chi connectivity index (χ4v) is 4.28. The van der Waals surface area contributed by atoms with Crippen LogP contribution in [0.3, 0.4) is 0 Å². The van der Waals surface area contributed by atoms with Crippen molar-refractivity contribution in [3.63, 3.8) is 0 Å². The highest BCUT2D eigenvalue weighted by atomic mass is 32.2. The first-order valence-corrected chi connectivity index (χ1v) is 8.19. The molecular weight excluding hydrogens is 345 g/mol. The first kappa shape index (κ1) is 16.0. The summed E-state index contributed by atoms with van der Waals surface area (Å²) in [6.07, 6.45) is 0. The Kier molecular flexibility index (Phi) is 4.22. The number of allylic oxidation sites excluding steroid dienone is 1. The van der Waals surface area contributed by atoms with Crippen molar-refractivity contribution in [2.75, 3.05) is 0 Å². The van der Waals surface area contributed by atoms with E-state index in [1.807, 2.05) is 12.1 Å². The Labute approximate surface area is 145 Å². The number of nitriles is 3. The third-order valence-corrected chi connectivity index (χ3v) is 5.57. The maximum Gasteiger partial charge on any atom is 0.178 e. The van der Waals surface area contributed by atoms with Crippen molar-refractivity contribution >= 4 is 29.1 Å². The van der Waals surface area contributed by atoms with E-state index in [0.29, 0.717) is 31.0 Å². The molecule has 1 aliphatic rings. The van der Waals surface area contributed by atoms with Crippen LogP contribution in [0, 0.1) is 46.7 Å². The number of thioether (sulfide) groups is 2. The molecule has 1 aromatic carbocycles. The van der Waals surface area contributed by atoms with Crippen LogP contribution in [0.25, 0.3) is 5.57 Å². The lowest BCUT2D eigenvalue weighted by Gasteiger charge is -2.04. The van der Waals surface area contributed by atoms with E-state index in [0.717, 1.165) is 0 Å². The van der Waals surface area contributed by atoms with Crippen LogP contribution in [-0.2, 0) is 0 Å². The lowest BCUT2D eigenvalue weighted by atomic mass is 10.1. The summed E-state index contributed by atoms with van der Waals surface area (Å²) in [5.41, 5.74) is 1.16. The lowest BCUT2D eigenvalue weighted by Crippen LogP contribution is -1.96. The van der Waals surface area contributed by atoms with Gasteiger partial charge in [0, 0.05) is 0 Å². The molecular formula is C16H6FN5S2. The SMILES string of the molecule is Cc1ccc(C(C#N)=C2Sc3nc(C#N)c(C#N)nc3S2)cc1F. The number of benzene rings is 1. The number of hydrogen-bond acceptors (Lipinski definition) is 7. The van der Waals surface area contributed by atoms with E-state index in [-0.39, 0.29) is 17.2 Å². The van der Waals surface area contributed by atoms with E-state index in [4.69, 9.17) is 10.5 Å². The highest BCUT2D eigenvalue weighted by molar-refractivity contribution is 8.24. The van der Waals surface area contributed by atoms with Gasteiger partial charge in [0.15, 0.2) is 11.4 Å². The van der Waals surface area contributed by atoms with Gasteiger partial charge in [-0.2, -0.15) is 15.8 Å². The average molecular weight is 351 g/mol. The Morgan fingerprint density at radius 2 is 1.62 bits per heavy atom. The quantitative estimate of drug-likeness (QED) is 0.722. The highest BCUT2D eigenvalue weighted by Crippen LogP contribution is 2.52. The standard InChI is InChI=1S/C16H6FN5S2/c1-8-2-3-9(4-11(8)17)10(5-18)16-23-14-15(24-16)22-13(7-20)12(6-19)21-14/h2-4H,1H3. The second-order valence-electron chi connectivity index (χ2n) is 4.70. The molecule has 0 aliphatic carbocycles. The molecule has 0 atom stereocenters. The molecule has 0 N–H and O–H groups in total. The molecule has 0 bridgehead atoms. The minimum absolute atomic E-state index is 0.0505. The molecule has 0 fully saturated rings. The van der Waals surface area contributed by atoms with Gasteiger partial charge in [0.05, 0.1) is 9.81 Å². The zero-order chi connectivity index (χ0) is 17.3. The molecule has 0 radical (unpaired) electrons. The normalized spacial score (nSPS) is 12.0. The summed E-state index contributed by atoms with van der Waals surface area (Å²) in [7, 11) is 0. The van der Waals surface area contributed by atoms with Gasteiger partial charge in [-0.3, -0.25) is 0 Å². The van der Waals surface area contributed by atoms with Crippen LogP contribution >= 0.6 is 23.5 Å². The van der Waals surface area contributed by atoms with Crippen LogP contribution in [0.15, 0.2) is 32.5 Å². The monoisotopic (exact) mass is 351 g/mol. The predicted octanol–water partition coefficient (Wildman–Crippen LogP) is 3.76. The summed E-state index contributed by atoms with van der Waals surface area (Å²) in [5.74, 6) is -0.388. The number of nitrogens with zero attached hydrogens (tertiary/aromatic N) is 5. The van der Waals surface area contributed by atoms with Crippen LogP contribution in [0.4, 0.5) is 4.39 Å². The molecule has 1 aliphatic heterocycles. The third kappa shape index (κ3) is 2.72. The Bertz CT molecular complexity index is 979. The Balaban J connectivity index is 2.08. The number of aryl methyl sites for hydroxylation is 1. The largest absolute Gasteiger partial charge is 0.224 e. The van der Waals surface area contributed by atoms with Crippen LogP contribution in [0.5, 0.6) is 0 Å². The van der Waals surface area contributed by atoms with Crippen molar-refractivity contribution in [1.29, 1.82) is 15.8 Å². The molecule has 0 unspecified atom stereocenters. The minimum Gasteiger partial charge on any atom is -0.224 e. The van der Waals surface area contributed by atoms with Crippen LogP contribution in [0.2, 0.25) is 0 Å². The first-order valence-electron chi connectivity index (χ1n) is 6.56. The number of hydrogen-bond donors (Lipinski definition) is 0. The topological polar surface area (TPSA) is 97.1 Å². The molecule has 1 aromatic heterocycles. The van der Waals surface area contributed by atoms with Gasteiger partial charge in [-0.15, -0.1) is 0 Å². The van der Waals surface area contributed by atoms with E-state index in [9.17, 15) is 9.65 Å². The van der Waals surface area contributed by atoms with Gasteiger partial charge in [-0.25, -0.2) is 14.4 Å². The number of rotatable bonds is 1. The molecule has 3 rings (SSSR count). The molecule has 114 valence electrons. The Morgan fingerprint density at radius 3 is 2.08 bits per heavy atom. The van der Waals surface area contributed by atoms with E-state index in [1.165, 1.54) is 29.6 Å². The summed E-state index contributed by atoms with van der Waals surface area (Å²) in [6.45, 7) is 1.65. The molecule has 0 amide bonds. The van der Waals surface area contributed by atoms with E-state index >= 15 is 0 Å². The molecule has 0 saturated heterocycles. The van der Waals surface area contributed by atoms with E-state index in [2.05, 4.69) is 16.0 Å². The van der Waals surface area contributed by atoms with Crippen molar-refractivity contribution in [3.8, 4) is 18.2 Å². The van der Waals surface area contributed by atoms with Crippen LogP contribution in [-0.4, -0.2) is 9.97 Å². The Morgan fingerprint density at radius 1 is 1.04 bits per heavy atom. The maximum absolute atomic E-state index is 13.8.